The van der Waals surface area contributed by atoms with Crippen LogP contribution in [-0.4, -0.2) is 49.0 Å². The van der Waals surface area contributed by atoms with Crippen LogP contribution in [0.25, 0.3) is 0 Å². The molecule has 0 radical (unpaired) electrons. The van der Waals surface area contributed by atoms with E-state index in [4.69, 9.17) is 10.2 Å². The molecule has 0 heterocycles. The molecular weight excluding hydrogens is 262 g/mol. The molecule has 2 amide bonds. The van der Waals surface area contributed by atoms with Gasteiger partial charge in [0, 0.05) is 38.4 Å². The van der Waals surface area contributed by atoms with Gasteiger partial charge in [0.05, 0.1) is 0 Å². The smallest absolute Gasteiger partial charge is 0.332 e. The molecule has 1 rings (SSSR count). The topological polar surface area (TPSA) is 102 Å². The molecule has 0 aliphatic rings. The third kappa shape index (κ3) is 5.15. The molecule has 0 bridgehead atoms. The van der Waals surface area contributed by atoms with Crippen molar-refractivity contribution in [3.8, 4) is 0 Å². The maximum absolute atomic E-state index is 11.6. The molecule has 4 N–H and O–H groups in total. The predicted molar refractivity (Wildman–Crippen MR) is 76.1 cm³/mol. The number of aliphatic carboxylic acids is 1. The van der Waals surface area contributed by atoms with Gasteiger partial charge in [-0.3, -0.25) is 0 Å². The molecule has 0 aliphatic heterocycles. The highest BCUT2D eigenvalue weighted by Gasteiger charge is 2.12. The number of hydrogen-bond acceptors (Lipinski definition) is 4. The van der Waals surface area contributed by atoms with Crippen LogP contribution in [0.1, 0.15) is 6.42 Å². The van der Waals surface area contributed by atoms with Gasteiger partial charge < -0.3 is 25.7 Å². The van der Waals surface area contributed by atoms with Gasteiger partial charge in [0.25, 0.3) is 0 Å². The van der Waals surface area contributed by atoms with Gasteiger partial charge >= 0.3 is 12.0 Å². The Bertz CT molecular complexity index is 476. The fraction of sp³-hybridized carbons (Fsp3) is 0.385. The average Bonchev–Trinajstić information content (AvgIpc) is 2.38. The van der Waals surface area contributed by atoms with Crippen LogP contribution in [0.2, 0.25) is 0 Å². The maximum Gasteiger partial charge on any atom is 0.332 e. The van der Waals surface area contributed by atoms with E-state index < -0.39 is 18.1 Å². The summed E-state index contributed by atoms with van der Waals surface area (Å²) < 4.78 is 0. The number of amides is 2. The first-order chi connectivity index (χ1) is 9.40. The number of anilines is 2. The Morgan fingerprint density at radius 3 is 2.65 bits per heavy atom. The van der Waals surface area contributed by atoms with E-state index in [-0.39, 0.29) is 13.0 Å². The summed E-state index contributed by atoms with van der Waals surface area (Å²) >= 11 is 0. The number of rotatable bonds is 6. The molecule has 20 heavy (non-hydrogen) atoms. The molecule has 0 saturated heterocycles. The van der Waals surface area contributed by atoms with Crippen molar-refractivity contribution in [2.45, 2.75) is 12.5 Å². The molecule has 1 aromatic carbocycles. The number of carboxylic acid groups (broad SMARTS) is 1. The van der Waals surface area contributed by atoms with Gasteiger partial charge in [-0.2, -0.15) is 0 Å². The first-order valence-corrected chi connectivity index (χ1v) is 6.13. The Morgan fingerprint density at radius 2 is 2.05 bits per heavy atom. The minimum absolute atomic E-state index is 0.0412. The highest BCUT2D eigenvalue weighted by atomic mass is 16.4. The van der Waals surface area contributed by atoms with Gasteiger partial charge in [-0.05, 0) is 18.2 Å². The summed E-state index contributed by atoms with van der Waals surface area (Å²) in [6, 6.07) is 6.84. The molecule has 0 fully saturated rings. The lowest BCUT2D eigenvalue weighted by Crippen LogP contribution is -2.33. The minimum Gasteiger partial charge on any atom is -0.479 e. The number of carbonyl (C=O) groups excluding carboxylic acids is 1. The van der Waals surface area contributed by atoms with Gasteiger partial charge in [0.15, 0.2) is 6.10 Å². The monoisotopic (exact) mass is 281 g/mol. The number of aliphatic hydroxyl groups excluding tert-OH is 1. The second-order valence-corrected chi connectivity index (χ2v) is 4.47. The van der Waals surface area contributed by atoms with Crippen LogP contribution in [0.3, 0.4) is 0 Å². The quantitative estimate of drug-likeness (QED) is 0.615. The number of benzene rings is 1. The average molecular weight is 281 g/mol. The molecule has 7 heteroatoms. The summed E-state index contributed by atoms with van der Waals surface area (Å²) in [4.78, 5) is 23.9. The van der Waals surface area contributed by atoms with Gasteiger partial charge in [-0.15, -0.1) is 0 Å². The Hall–Kier alpha value is -2.28. The van der Waals surface area contributed by atoms with Crippen LogP contribution >= 0.6 is 0 Å². The second-order valence-electron chi connectivity index (χ2n) is 4.47. The standard InChI is InChI=1S/C13H19N3O4/c1-16(2)10-5-3-4-9(8-10)15-13(20)14-7-6-11(17)12(18)19/h3-5,8,11,17H,6-7H2,1-2H3,(H,18,19)(H2,14,15,20). The van der Waals surface area contributed by atoms with Crippen LogP contribution in [0.5, 0.6) is 0 Å². The van der Waals surface area contributed by atoms with Crippen molar-refractivity contribution >= 4 is 23.4 Å². The van der Waals surface area contributed by atoms with Crippen molar-refractivity contribution in [2.24, 2.45) is 0 Å². The first-order valence-electron chi connectivity index (χ1n) is 6.13. The van der Waals surface area contributed by atoms with Crippen molar-refractivity contribution in [3.63, 3.8) is 0 Å². The SMILES string of the molecule is CN(C)c1cccc(NC(=O)NCCC(O)C(=O)O)c1. The largest absolute Gasteiger partial charge is 0.479 e. The van der Waals surface area contributed by atoms with Gasteiger partial charge in [-0.25, -0.2) is 9.59 Å². The lowest BCUT2D eigenvalue weighted by Gasteiger charge is -2.14. The van der Waals surface area contributed by atoms with Crippen LogP contribution < -0.4 is 15.5 Å². The summed E-state index contributed by atoms with van der Waals surface area (Å²) in [6.45, 7) is 0.0761. The highest BCUT2D eigenvalue weighted by Crippen LogP contribution is 2.16. The molecule has 7 nitrogen and oxygen atoms in total. The Balaban J connectivity index is 2.42. The van der Waals surface area contributed by atoms with Crippen molar-refractivity contribution in [1.82, 2.24) is 5.32 Å². The van der Waals surface area contributed by atoms with E-state index in [1.54, 1.807) is 6.07 Å². The van der Waals surface area contributed by atoms with Gasteiger partial charge in [-0.1, -0.05) is 6.07 Å². The third-order valence-electron chi connectivity index (χ3n) is 2.61. The minimum atomic E-state index is -1.47. The van der Waals surface area contributed by atoms with Gasteiger partial charge in [0.2, 0.25) is 0 Å². The van der Waals surface area contributed by atoms with Crippen LogP contribution in [0.4, 0.5) is 16.2 Å². The molecule has 0 saturated carbocycles. The zero-order chi connectivity index (χ0) is 15.1. The maximum atomic E-state index is 11.6. The van der Waals surface area contributed by atoms with Crippen LogP contribution in [0, 0.1) is 0 Å². The Morgan fingerprint density at radius 1 is 1.35 bits per heavy atom. The number of carboxylic acids is 1. The van der Waals surface area contributed by atoms with Crippen molar-refractivity contribution in [1.29, 1.82) is 0 Å². The molecule has 1 aromatic rings. The van der Waals surface area contributed by atoms with E-state index in [9.17, 15) is 9.59 Å². The zero-order valence-electron chi connectivity index (χ0n) is 11.5. The van der Waals surface area contributed by atoms with E-state index in [0.717, 1.165) is 5.69 Å². The third-order valence-corrected chi connectivity index (χ3v) is 2.61. The molecule has 0 aromatic heterocycles. The van der Waals surface area contributed by atoms with E-state index >= 15 is 0 Å². The molecule has 1 atom stereocenters. The zero-order valence-corrected chi connectivity index (χ0v) is 11.5. The van der Waals surface area contributed by atoms with Crippen molar-refractivity contribution < 1.29 is 19.8 Å². The number of nitrogens with one attached hydrogen (secondary N) is 2. The number of carbonyl (C=O) groups is 2. The highest BCUT2D eigenvalue weighted by molar-refractivity contribution is 5.89. The molecule has 110 valence electrons. The second kappa shape index (κ2) is 7.34. The number of aliphatic hydroxyl groups is 1. The molecule has 0 aliphatic carbocycles. The summed E-state index contributed by atoms with van der Waals surface area (Å²) in [5, 5.41) is 22.6. The number of hydrogen-bond donors (Lipinski definition) is 4. The van der Waals surface area contributed by atoms with E-state index in [1.165, 1.54) is 0 Å². The summed E-state index contributed by atoms with van der Waals surface area (Å²) in [5.41, 5.74) is 1.58. The lowest BCUT2D eigenvalue weighted by atomic mass is 10.2. The number of nitrogens with zero attached hydrogens (tertiary/aromatic N) is 1. The first kappa shape index (κ1) is 15.8. The summed E-state index contributed by atoms with van der Waals surface area (Å²) in [6.07, 6.45) is -1.51. The Kier molecular flexibility index (Phi) is 5.79. The fourth-order valence-corrected chi connectivity index (χ4v) is 1.48. The summed E-state index contributed by atoms with van der Waals surface area (Å²) in [7, 11) is 3.79. The van der Waals surface area contributed by atoms with E-state index in [2.05, 4.69) is 10.6 Å². The van der Waals surface area contributed by atoms with Crippen LogP contribution in [-0.2, 0) is 4.79 Å². The van der Waals surface area contributed by atoms with Crippen molar-refractivity contribution in [3.05, 3.63) is 24.3 Å². The Labute approximate surface area is 117 Å². The van der Waals surface area contributed by atoms with E-state index in [0.29, 0.717) is 5.69 Å². The van der Waals surface area contributed by atoms with E-state index in [1.807, 2.05) is 37.2 Å². The summed E-state index contributed by atoms with van der Waals surface area (Å²) in [5.74, 6) is -1.30. The molecule has 0 spiro atoms. The lowest BCUT2D eigenvalue weighted by molar-refractivity contribution is -0.146. The fourth-order valence-electron chi connectivity index (χ4n) is 1.48. The number of urea groups is 1. The predicted octanol–water partition coefficient (Wildman–Crippen LogP) is 0.710. The van der Waals surface area contributed by atoms with Crippen molar-refractivity contribution in [2.75, 3.05) is 30.9 Å². The molecule has 1 unspecified atom stereocenters. The van der Waals surface area contributed by atoms with Crippen LogP contribution in [0.15, 0.2) is 24.3 Å². The normalized spacial score (nSPS) is 11.6. The van der Waals surface area contributed by atoms with Gasteiger partial charge in [0.1, 0.15) is 0 Å². The molecular formula is C13H19N3O4.